The molecule has 1 aromatic carbocycles. The predicted octanol–water partition coefficient (Wildman–Crippen LogP) is 2.13. The number of nitrogens with one attached hydrogen (secondary N) is 2. The average Bonchev–Trinajstić information content (AvgIpc) is 2.64. The first-order valence-corrected chi connectivity index (χ1v) is 10.3. The highest BCUT2D eigenvalue weighted by atomic mass is 16.3. The number of hydrogen-bond donors (Lipinski definition) is 4. The Kier molecular flexibility index (Phi) is 7.61. The molecule has 0 unspecified atom stereocenters. The molecule has 0 radical (unpaired) electrons. The van der Waals surface area contributed by atoms with E-state index in [4.69, 9.17) is 5.73 Å². The van der Waals surface area contributed by atoms with Crippen LogP contribution in [0.2, 0.25) is 0 Å². The summed E-state index contributed by atoms with van der Waals surface area (Å²) < 4.78 is 0. The lowest BCUT2D eigenvalue weighted by atomic mass is 9.66. The van der Waals surface area contributed by atoms with Crippen LogP contribution >= 0.6 is 0 Å². The van der Waals surface area contributed by atoms with Gasteiger partial charge in [-0.25, -0.2) is 0 Å². The molecule has 28 heavy (non-hydrogen) atoms. The summed E-state index contributed by atoms with van der Waals surface area (Å²) >= 11 is 0. The number of carbonyl (C=O) groups is 2. The number of hydrogen-bond acceptors (Lipinski definition) is 4. The number of rotatable bonds is 7. The van der Waals surface area contributed by atoms with Gasteiger partial charge in [0.15, 0.2) is 0 Å². The molecule has 5 atom stereocenters. The molecule has 0 bridgehead atoms. The molecule has 0 saturated heterocycles. The summed E-state index contributed by atoms with van der Waals surface area (Å²) in [6.07, 6.45) is 2.33. The smallest absolute Gasteiger partial charge is 0.252 e. The van der Waals surface area contributed by atoms with Crippen LogP contribution in [-0.4, -0.2) is 35.1 Å². The number of amides is 2. The van der Waals surface area contributed by atoms with Crippen molar-refractivity contribution in [3.05, 3.63) is 35.9 Å². The first kappa shape index (κ1) is 22.4. The highest BCUT2D eigenvalue weighted by Gasteiger charge is 2.48. The third-order valence-electron chi connectivity index (χ3n) is 5.84. The van der Waals surface area contributed by atoms with E-state index in [0.717, 1.165) is 18.4 Å². The fourth-order valence-corrected chi connectivity index (χ4v) is 4.22. The van der Waals surface area contributed by atoms with Crippen molar-refractivity contribution in [3.8, 4) is 0 Å². The number of carbonyl (C=O) groups excluding carboxylic acids is 2. The van der Waals surface area contributed by atoms with E-state index in [2.05, 4.69) is 31.4 Å². The Balaban J connectivity index is 2.14. The monoisotopic (exact) mass is 389 g/mol. The minimum absolute atomic E-state index is 0.0717. The Bertz CT molecular complexity index is 662. The lowest BCUT2D eigenvalue weighted by Gasteiger charge is -2.43. The van der Waals surface area contributed by atoms with Gasteiger partial charge in [-0.3, -0.25) is 9.59 Å². The quantitative estimate of drug-likeness (QED) is 0.573. The van der Waals surface area contributed by atoms with E-state index in [0.29, 0.717) is 12.3 Å². The zero-order valence-corrected chi connectivity index (χ0v) is 17.4. The molecule has 156 valence electrons. The number of benzene rings is 1. The van der Waals surface area contributed by atoms with Crippen molar-refractivity contribution in [2.75, 3.05) is 6.54 Å². The summed E-state index contributed by atoms with van der Waals surface area (Å²) in [5, 5.41) is 17.1. The Hall–Kier alpha value is -1.92. The summed E-state index contributed by atoms with van der Waals surface area (Å²) in [6.45, 7) is 7.99. The Labute approximate surface area is 168 Å². The maximum atomic E-state index is 13.0. The number of nitrogens with two attached hydrogens (primary N) is 1. The second kappa shape index (κ2) is 9.52. The Morgan fingerprint density at radius 2 is 1.86 bits per heavy atom. The molecule has 2 rings (SSSR count). The first-order chi connectivity index (χ1) is 13.1. The van der Waals surface area contributed by atoms with E-state index in [-0.39, 0.29) is 30.2 Å². The van der Waals surface area contributed by atoms with Gasteiger partial charge in [0.2, 0.25) is 5.91 Å². The summed E-state index contributed by atoms with van der Waals surface area (Å²) in [5.74, 6) is -0.196. The van der Waals surface area contributed by atoms with Crippen LogP contribution in [0.4, 0.5) is 0 Å². The van der Waals surface area contributed by atoms with Crippen molar-refractivity contribution < 1.29 is 14.7 Å². The highest BCUT2D eigenvalue weighted by Crippen LogP contribution is 2.41. The zero-order chi connectivity index (χ0) is 20.9. The molecule has 1 saturated carbocycles. The van der Waals surface area contributed by atoms with E-state index in [1.807, 2.05) is 30.3 Å². The molecular weight excluding hydrogens is 354 g/mol. The fraction of sp³-hybridized carbons (Fsp3) is 0.636. The maximum Gasteiger partial charge on any atom is 0.252 e. The van der Waals surface area contributed by atoms with E-state index < -0.39 is 17.7 Å². The normalized spacial score (nSPS) is 27.1. The van der Waals surface area contributed by atoms with Gasteiger partial charge < -0.3 is 21.5 Å². The van der Waals surface area contributed by atoms with Crippen LogP contribution in [0.3, 0.4) is 0 Å². The largest absolute Gasteiger partial charge is 0.380 e. The molecular formula is C22H35N3O3. The molecule has 0 aromatic heterocycles. The standard InChI is InChI=1S/C22H35N3O3/c1-14(2)18-11-10-15(3)12-22(18,28)21(27)24-13-19(25-20(26)16(4)23)17-8-6-5-7-9-17/h5-9,14-16,18-19,28H,10-13,23H2,1-4H3,(H,24,27)(H,25,26)/t15-,16-,18+,19-,22+/m1/s1. The van der Waals surface area contributed by atoms with E-state index in [9.17, 15) is 14.7 Å². The molecule has 6 heteroatoms. The van der Waals surface area contributed by atoms with Gasteiger partial charge in [-0.2, -0.15) is 0 Å². The summed E-state index contributed by atoms with van der Waals surface area (Å²) in [5.41, 5.74) is 5.18. The van der Waals surface area contributed by atoms with Crippen LogP contribution < -0.4 is 16.4 Å². The molecule has 1 aliphatic carbocycles. The lowest BCUT2D eigenvalue weighted by molar-refractivity contribution is -0.156. The summed E-state index contributed by atoms with van der Waals surface area (Å²) in [7, 11) is 0. The van der Waals surface area contributed by atoms with E-state index >= 15 is 0 Å². The van der Waals surface area contributed by atoms with Crippen molar-refractivity contribution in [2.24, 2.45) is 23.5 Å². The van der Waals surface area contributed by atoms with E-state index in [1.54, 1.807) is 6.92 Å². The van der Waals surface area contributed by atoms with Crippen LogP contribution in [0.1, 0.15) is 58.6 Å². The molecule has 1 aromatic rings. The van der Waals surface area contributed by atoms with E-state index in [1.165, 1.54) is 0 Å². The summed E-state index contributed by atoms with van der Waals surface area (Å²) in [6, 6.07) is 8.40. The molecule has 1 fully saturated rings. The predicted molar refractivity (Wildman–Crippen MR) is 110 cm³/mol. The highest BCUT2D eigenvalue weighted by molar-refractivity contribution is 5.86. The topological polar surface area (TPSA) is 104 Å². The third kappa shape index (κ3) is 5.32. The molecule has 1 aliphatic rings. The molecule has 5 N–H and O–H groups in total. The van der Waals surface area contributed by atoms with Gasteiger partial charge in [0, 0.05) is 6.54 Å². The zero-order valence-electron chi connectivity index (χ0n) is 17.4. The SMILES string of the molecule is CC(C)[C@@H]1CC[C@@H](C)C[C@@]1(O)C(=O)NC[C@@H](NC(=O)[C@@H](C)N)c1ccccc1. The van der Waals surface area contributed by atoms with Crippen molar-refractivity contribution in [2.45, 2.75) is 64.6 Å². The third-order valence-corrected chi connectivity index (χ3v) is 5.84. The Morgan fingerprint density at radius 1 is 1.21 bits per heavy atom. The molecule has 6 nitrogen and oxygen atoms in total. The van der Waals surface area contributed by atoms with Gasteiger partial charge in [-0.1, -0.05) is 57.5 Å². The van der Waals surface area contributed by atoms with Gasteiger partial charge in [0.05, 0.1) is 12.1 Å². The molecule has 0 spiro atoms. The lowest BCUT2D eigenvalue weighted by Crippen LogP contribution is -2.57. The van der Waals surface area contributed by atoms with Gasteiger partial charge in [0.25, 0.3) is 5.91 Å². The van der Waals surface area contributed by atoms with Gasteiger partial charge >= 0.3 is 0 Å². The van der Waals surface area contributed by atoms with Crippen LogP contribution in [0, 0.1) is 17.8 Å². The first-order valence-electron chi connectivity index (χ1n) is 10.3. The van der Waals surface area contributed by atoms with Gasteiger partial charge in [-0.15, -0.1) is 0 Å². The fourth-order valence-electron chi connectivity index (χ4n) is 4.22. The van der Waals surface area contributed by atoms with Crippen molar-refractivity contribution >= 4 is 11.8 Å². The Morgan fingerprint density at radius 3 is 2.43 bits per heavy atom. The van der Waals surface area contributed by atoms with Crippen molar-refractivity contribution in [3.63, 3.8) is 0 Å². The molecule has 0 heterocycles. The van der Waals surface area contributed by atoms with Crippen molar-refractivity contribution in [1.29, 1.82) is 0 Å². The van der Waals surface area contributed by atoms with Crippen LogP contribution in [-0.2, 0) is 9.59 Å². The number of aliphatic hydroxyl groups is 1. The second-order valence-corrected chi connectivity index (χ2v) is 8.63. The minimum Gasteiger partial charge on any atom is -0.380 e. The molecule has 0 aliphatic heterocycles. The minimum atomic E-state index is -1.38. The van der Waals surface area contributed by atoms with Crippen LogP contribution in [0.15, 0.2) is 30.3 Å². The van der Waals surface area contributed by atoms with Crippen molar-refractivity contribution in [1.82, 2.24) is 10.6 Å². The maximum absolute atomic E-state index is 13.0. The van der Waals surface area contributed by atoms with Crippen LogP contribution in [0.25, 0.3) is 0 Å². The average molecular weight is 390 g/mol. The summed E-state index contributed by atoms with van der Waals surface area (Å²) in [4.78, 5) is 25.2. The van der Waals surface area contributed by atoms with Gasteiger partial charge in [-0.05, 0) is 43.1 Å². The molecule has 2 amide bonds. The van der Waals surface area contributed by atoms with Gasteiger partial charge in [0.1, 0.15) is 5.60 Å². The van der Waals surface area contributed by atoms with Crippen LogP contribution in [0.5, 0.6) is 0 Å². The second-order valence-electron chi connectivity index (χ2n) is 8.63.